The number of aromatic nitrogens is 2. The maximum Gasteiger partial charge on any atom is 0.225 e. The van der Waals surface area contributed by atoms with Crippen molar-refractivity contribution >= 4 is 5.95 Å². The van der Waals surface area contributed by atoms with E-state index in [1.807, 2.05) is 19.0 Å². The molecule has 1 unspecified atom stereocenters. The molecule has 1 spiro atoms. The molecule has 3 heterocycles. The number of hydrogen-bond acceptors (Lipinski definition) is 6. The highest BCUT2D eigenvalue weighted by molar-refractivity contribution is 5.39. The fourth-order valence-corrected chi connectivity index (χ4v) is 4.67. The van der Waals surface area contributed by atoms with Crippen molar-refractivity contribution in [2.24, 2.45) is 0 Å². The molecule has 1 aromatic heterocycles. The molecule has 2 aliphatic heterocycles. The van der Waals surface area contributed by atoms with E-state index < -0.39 is 0 Å². The molecule has 3 aliphatic rings. The SMILES string of the molecule is CN(C)c1ncc2c(n1)C1(CCCN(CCN3CCOCC3)C1)CC2. The predicted molar refractivity (Wildman–Crippen MR) is 99.3 cm³/mol. The smallest absolute Gasteiger partial charge is 0.225 e. The standard InChI is InChI=1S/C19H31N5O/c1-22(2)18-20-14-16-4-6-19(17(16)21-18)5-3-7-24(15-19)9-8-23-10-12-25-13-11-23/h14H,3-13,15H2,1-2H3. The number of fused-ring (bicyclic) bond motifs is 2. The summed E-state index contributed by atoms with van der Waals surface area (Å²) in [5, 5.41) is 0. The third-order valence-corrected chi connectivity index (χ3v) is 6.12. The summed E-state index contributed by atoms with van der Waals surface area (Å²) in [6, 6.07) is 0. The first-order chi connectivity index (χ1) is 12.2. The average Bonchev–Trinajstić information content (AvgIpc) is 2.98. The summed E-state index contributed by atoms with van der Waals surface area (Å²) in [6.07, 6.45) is 7.00. The second kappa shape index (κ2) is 7.17. The van der Waals surface area contributed by atoms with Crippen molar-refractivity contribution in [1.29, 1.82) is 0 Å². The maximum atomic E-state index is 5.46. The molecule has 0 saturated carbocycles. The Morgan fingerprint density at radius 1 is 1.12 bits per heavy atom. The van der Waals surface area contributed by atoms with Gasteiger partial charge in [-0.25, -0.2) is 9.97 Å². The minimum Gasteiger partial charge on any atom is -0.379 e. The van der Waals surface area contributed by atoms with E-state index in [4.69, 9.17) is 9.72 Å². The number of hydrogen-bond donors (Lipinski definition) is 0. The van der Waals surface area contributed by atoms with Crippen LogP contribution in [0.1, 0.15) is 30.5 Å². The lowest BCUT2D eigenvalue weighted by atomic mass is 9.77. The molecular formula is C19H31N5O. The first-order valence-electron chi connectivity index (χ1n) is 9.72. The molecule has 6 nitrogen and oxygen atoms in total. The van der Waals surface area contributed by atoms with Crippen LogP contribution in [0.25, 0.3) is 0 Å². The van der Waals surface area contributed by atoms with E-state index in [9.17, 15) is 0 Å². The summed E-state index contributed by atoms with van der Waals surface area (Å²) in [6.45, 7) is 8.68. The van der Waals surface area contributed by atoms with Crippen LogP contribution in [0.5, 0.6) is 0 Å². The van der Waals surface area contributed by atoms with Gasteiger partial charge in [-0.05, 0) is 37.8 Å². The Balaban J connectivity index is 1.45. The topological polar surface area (TPSA) is 44.7 Å². The van der Waals surface area contributed by atoms with Crippen LogP contribution in [0.4, 0.5) is 5.95 Å². The summed E-state index contributed by atoms with van der Waals surface area (Å²) in [4.78, 5) is 16.7. The zero-order chi connectivity index (χ0) is 17.3. The van der Waals surface area contributed by atoms with Crippen LogP contribution in [0.15, 0.2) is 6.20 Å². The molecule has 0 aromatic carbocycles. The Morgan fingerprint density at radius 3 is 2.72 bits per heavy atom. The van der Waals surface area contributed by atoms with Crippen LogP contribution in [-0.2, 0) is 16.6 Å². The van der Waals surface area contributed by atoms with E-state index >= 15 is 0 Å². The second-order valence-electron chi connectivity index (χ2n) is 8.05. The van der Waals surface area contributed by atoms with Crippen molar-refractivity contribution in [2.45, 2.75) is 31.1 Å². The molecule has 1 atom stereocenters. The van der Waals surface area contributed by atoms with Crippen LogP contribution < -0.4 is 4.90 Å². The monoisotopic (exact) mass is 345 g/mol. The summed E-state index contributed by atoms with van der Waals surface area (Å²) >= 11 is 0. The van der Waals surface area contributed by atoms with Crippen LogP contribution in [0.2, 0.25) is 0 Å². The Morgan fingerprint density at radius 2 is 1.92 bits per heavy atom. The van der Waals surface area contributed by atoms with Crippen LogP contribution in [0.3, 0.4) is 0 Å². The summed E-state index contributed by atoms with van der Waals surface area (Å²) in [5.41, 5.74) is 2.97. The van der Waals surface area contributed by atoms with E-state index in [-0.39, 0.29) is 5.41 Å². The molecule has 0 bridgehead atoms. The summed E-state index contributed by atoms with van der Waals surface area (Å²) in [7, 11) is 4.05. The van der Waals surface area contributed by atoms with Crippen molar-refractivity contribution in [3.05, 3.63) is 17.5 Å². The van der Waals surface area contributed by atoms with Gasteiger partial charge in [-0.2, -0.15) is 0 Å². The lowest BCUT2D eigenvalue weighted by molar-refractivity contribution is 0.0295. The highest BCUT2D eigenvalue weighted by Gasteiger charge is 2.43. The van der Waals surface area contributed by atoms with Gasteiger partial charge in [0.1, 0.15) is 0 Å². The van der Waals surface area contributed by atoms with Crippen LogP contribution >= 0.6 is 0 Å². The van der Waals surface area contributed by atoms with E-state index in [1.54, 1.807) is 0 Å². The summed E-state index contributed by atoms with van der Waals surface area (Å²) < 4.78 is 5.46. The normalized spacial score (nSPS) is 27.6. The third kappa shape index (κ3) is 3.52. The van der Waals surface area contributed by atoms with E-state index in [1.165, 1.54) is 50.2 Å². The zero-order valence-corrected chi connectivity index (χ0v) is 15.7. The Labute approximate surface area is 151 Å². The first-order valence-corrected chi connectivity index (χ1v) is 9.72. The van der Waals surface area contributed by atoms with Crippen molar-refractivity contribution in [2.75, 3.05) is 71.5 Å². The van der Waals surface area contributed by atoms with Crippen LogP contribution in [-0.4, -0.2) is 86.3 Å². The molecule has 4 rings (SSSR count). The highest BCUT2D eigenvalue weighted by Crippen LogP contribution is 2.44. The third-order valence-electron chi connectivity index (χ3n) is 6.12. The second-order valence-corrected chi connectivity index (χ2v) is 8.05. The molecule has 25 heavy (non-hydrogen) atoms. The number of aryl methyl sites for hydroxylation is 1. The summed E-state index contributed by atoms with van der Waals surface area (Å²) in [5.74, 6) is 0.852. The number of nitrogens with zero attached hydrogens (tertiary/aromatic N) is 5. The van der Waals surface area contributed by atoms with Gasteiger partial charge in [0.05, 0.1) is 18.9 Å². The molecule has 1 aliphatic carbocycles. The average molecular weight is 345 g/mol. The highest BCUT2D eigenvalue weighted by atomic mass is 16.5. The zero-order valence-electron chi connectivity index (χ0n) is 15.7. The van der Waals surface area contributed by atoms with E-state index in [2.05, 4.69) is 21.0 Å². The Kier molecular flexibility index (Phi) is 4.93. The molecular weight excluding hydrogens is 314 g/mol. The number of piperidine rings is 1. The predicted octanol–water partition coefficient (Wildman–Crippen LogP) is 1.15. The largest absolute Gasteiger partial charge is 0.379 e. The van der Waals surface area contributed by atoms with Crippen molar-refractivity contribution in [3.63, 3.8) is 0 Å². The number of anilines is 1. The fraction of sp³-hybridized carbons (Fsp3) is 0.789. The quantitative estimate of drug-likeness (QED) is 0.816. The maximum absolute atomic E-state index is 5.46. The van der Waals surface area contributed by atoms with Gasteiger partial charge in [-0.1, -0.05) is 0 Å². The lowest BCUT2D eigenvalue weighted by Gasteiger charge is -2.41. The van der Waals surface area contributed by atoms with Gasteiger partial charge in [0.25, 0.3) is 0 Å². The Hall–Kier alpha value is -1.24. The van der Waals surface area contributed by atoms with Crippen molar-refractivity contribution < 1.29 is 4.74 Å². The number of likely N-dealkylation sites (tertiary alicyclic amines) is 1. The Bertz CT molecular complexity index is 597. The molecule has 0 radical (unpaired) electrons. The van der Waals surface area contributed by atoms with E-state index in [0.29, 0.717) is 0 Å². The minimum absolute atomic E-state index is 0.256. The van der Waals surface area contributed by atoms with Crippen LogP contribution in [0, 0.1) is 0 Å². The molecule has 0 amide bonds. The van der Waals surface area contributed by atoms with Gasteiger partial charge in [0, 0.05) is 58.4 Å². The first kappa shape index (κ1) is 17.2. The van der Waals surface area contributed by atoms with Gasteiger partial charge < -0.3 is 14.5 Å². The molecule has 2 fully saturated rings. The van der Waals surface area contributed by atoms with Crippen molar-refractivity contribution in [3.8, 4) is 0 Å². The van der Waals surface area contributed by atoms with E-state index in [0.717, 1.165) is 45.2 Å². The fourth-order valence-electron chi connectivity index (χ4n) is 4.67. The molecule has 138 valence electrons. The van der Waals surface area contributed by atoms with Crippen molar-refractivity contribution in [1.82, 2.24) is 19.8 Å². The lowest BCUT2D eigenvalue weighted by Crippen LogP contribution is -2.48. The molecule has 1 aromatic rings. The number of rotatable bonds is 4. The van der Waals surface area contributed by atoms with Gasteiger partial charge in [0.2, 0.25) is 5.95 Å². The van der Waals surface area contributed by atoms with Gasteiger partial charge in [0.15, 0.2) is 0 Å². The van der Waals surface area contributed by atoms with Gasteiger partial charge in [-0.15, -0.1) is 0 Å². The molecule has 6 heteroatoms. The van der Waals surface area contributed by atoms with Gasteiger partial charge >= 0.3 is 0 Å². The minimum atomic E-state index is 0.256. The number of morpholine rings is 1. The molecule has 0 N–H and O–H groups in total. The van der Waals surface area contributed by atoms with Gasteiger partial charge in [-0.3, -0.25) is 4.90 Å². The number of ether oxygens (including phenoxy) is 1. The molecule has 2 saturated heterocycles.